The largest absolute Gasteiger partial charge is 0.325 e. The molecule has 0 aliphatic rings. The number of fused-ring (bicyclic) bond motifs is 1. The van der Waals surface area contributed by atoms with Crippen LogP contribution in [0.3, 0.4) is 0 Å². The summed E-state index contributed by atoms with van der Waals surface area (Å²) >= 11 is 0. The van der Waals surface area contributed by atoms with Crippen molar-refractivity contribution < 1.29 is 13.2 Å². The van der Waals surface area contributed by atoms with Gasteiger partial charge in [-0.05, 0) is 64.2 Å². The van der Waals surface area contributed by atoms with Gasteiger partial charge in [0, 0.05) is 11.7 Å². The molecule has 10 heteroatoms. The summed E-state index contributed by atoms with van der Waals surface area (Å²) in [6, 6.07) is 12.3. The molecule has 2 aromatic carbocycles. The first-order valence-corrected chi connectivity index (χ1v) is 11.7. The van der Waals surface area contributed by atoms with E-state index in [9.17, 15) is 18.0 Å². The second kappa shape index (κ2) is 9.60. The lowest BCUT2D eigenvalue weighted by Gasteiger charge is -2.23. The number of likely N-dealkylation sites (N-methyl/N-ethyl adjacent to an activating group) is 1. The highest BCUT2D eigenvalue weighted by Crippen LogP contribution is 2.15. The normalized spacial score (nSPS) is 12.9. The summed E-state index contributed by atoms with van der Waals surface area (Å²) in [7, 11) is -1.84. The van der Waals surface area contributed by atoms with Crippen molar-refractivity contribution in [2.45, 2.75) is 44.3 Å². The van der Waals surface area contributed by atoms with E-state index < -0.39 is 16.1 Å². The van der Waals surface area contributed by atoms with E-state index in [1.807, 2.05) is 6.07 Å². The van der Waals surface area contributed by atoms with E-state index in [0.29, 0.717) is 22.4 Å². The van der Waals surface area contributed by atoms with Crippen molar-refractivity contribution in [1.82, 2.24) is 19.6 Å². The standard InChI is InChI=1S/C22H27N5O4S/c1-14(2)26-32(30,31)17-11-9-16(10-12-17)23-21(28)15(3)27(4)13-20-24-19-8-6-5-7-18(19)22(29)25-20/h5-12,14-15,26H,13H2,1-4H3,(H,23,28)(H,24,25,29)/t15-/m1/s1. The van der Waals surface area contributed by atoms with Crippen LogP contribution in [-0.2, 0) is 21.4 Å². The average molecular weight is 458 g/mol. The molecule has 1 amide bonds. The monoisotopic (exact) mass is 457 g/mol. The SMILES string of the molecule is CC(C)NS(=O)(=O)c1ccc(NC(=O)[C@@H](C)N(C)Cc2nc3ccccc3c(=O)[nH]2)cc1. The van der Waals surface area contributed by atoms with Crippen molar-refractivity contribution in [1.29, 1.82) is 0 Å². The molecule has 0 fully saturated rings. The van der Waals surface area contributed by atoms with Crippen LogP contribution >= 0.6 is 0 Å². The highest BCUT2D eigenvalue weighted by molar-refractivity contribution is 7.89. The lowest BCUT2D eigenvalue weighted by Crippen LogP contribution is -2.39. The maximum absolute atomic E-state index is 12.7. The summed E-state index contributed by atoms with van der Waals surface area (Å²) < 4.78 is 26.9. The summed E-state index contributed by atoms with van der Waals surface area (Å²) in [5, 5.41) is 3.29. The average Bonchev–Trinajstić information content (AvgIpc) is 2.72. The summed E-state index contributed by atoms with van der Waals surface area (Å²) in [4.78, 5) is 34.0. The van der Waals surface area contributed by atoms with Crippen molar-refractivity contribution in [2.75, 3.05) is 12.4 Å². The molecule has 0 saturated heterocycles. The molecule has 0 aliphatic heterocycles. The fourth-order valence-electron chi connectivity index (χ4n) is 3.13. The zero-order chi connectivity index (χ0) is 23.5. The Morgan fingerprint density at radius 1 is 1.09 bits per heavy atom. The Balaban J connectivity index is 1.66. The first kappa shape index (κ1) is 23.6. The van der Waals surface area contributed by atoms with Gasteiger partial charge >= 0.3 is 0 Å². The molecule has 1 atom stereocenters. The van der Waals surface area contributed by atoms with Crippen LogP contribution in [0.15, 0.2) is 58.2 Å². The van der Waals surface area contributed by atoms with Gasteiger partial charge in [0.15, 0.2) is 0 Å². The second-order valence-electron chi connectivity index (χ2n) is 7.91. The molecule has 0 bridgehead atoms. The van der Waals surface area contributed by atoms with Crippen LogP contribution in [0.4, 0.5) is 5.69 Å². The first-order valence-electron chi connectivity index (χ1n) is 10.2. The summed E-state index contributed by atoms with van der Waals surface area (Å²) in [5.74, 6) is 0.189. The summed E-state index contributed by atoms with van der Waals surface area (Å²) in [6.07, 6.45) is 0. The quantitative estimate of drug-likeness (QED) is 0.476. The van der Waals surface area contributed by atoms with Gasteiger partial charge in [-0.3, -0.25) is 14.5 Å². The number of hydrogen-bond acceptors (Lipinski definition) is 6. The van der Waals surface area contributed by atoms with Crippen molar-refractivity contribution in [3.05, 3.63) is 64.7 Å². The van der Waals surface area contributed by atoms with E-state index in [4.69, 9.17) is 0 Å². The van der Waals surface area contributed by atoms with Crippen LogP contribution < -0.4 is 15.6 Å². The van der Waals surface area contributed by atoms with Gasteiger partial charge in [0.2, 0.25) is 15.9 Å². The van der Waals surface area contributed by atoms with Crippen molar-refractivity contribution in [2.24, 2.45) is 0 Å². The number of aromatic nitrogens is 2. The van der Waals surface area contributed by atoms with Crippen LogP contribution in [0.25, 0.3) is 10.9 Å². The number of carbonyl (C=O) groups is 1. The zero-order valence-electron chi connectivity index (χ0n) is 18.4. The molecule has 170 valence electrons. The van der Waals surface area contributed by atoms with Crippen LogP contribution in [0, 0.1) is 0 Å². The fraction of sp³-hybridized carbons (Fsp3) is 0.318. The van der Waals surface area contributed by atoms with Gasteiger partial charge in [-0.1, -0.05) is 12.1 Å². The topological polar surface area (TPSA) is 124 Å². The maximum Gasteiger partial charge on any atom is 0.258 e. The number of amides is 1. The summed E-state index contributed by atoms with van der Waals surface area (Å²) in [6.45, 7) is 5.49. The summed E-state index contributed by atoms with van der Waals surface area (Å²) in [5.41, 5.74) is 0.854. The Kier molecular flexibility index (Phi) is 7.07. The van der Waals surface area contributed by atoms with Crippen molar-refractivity contribution in [3.63, 3.8) is 0 Å². The number of nitrogens with one attached hydrogen (secondary N) is 3. The third-order valence-electron chi connectivity index (χ3n) is 4.92. The molecule has 3 rings (SSSR count). The second-order valence-corrected chi connectivity index (χ2v) is 9.62. The first-order chi connectivity index (χ1) is 15.1. The molecule has 1 heterocycles. The zero-order valence-corrected chi connectivity index (χ0v) is 19.2. The number of benzene rings is 2. The Morgan fingerprint density at radius 3 is 2.41 bits per heavy atom. The Morgan fingerprint density at radius 2 is 1.75 bits per heavy atom. The van der Waals surface area contributed by atoms with E-state index in [-0.39, 0.29) is 28.9 Å². The number of aromatic amines is 1. The van der Waals surface area contributed by atoms with Crippen LogP contribution in [0.2, 0.25) is 0 Å². The van der Waals surface area contributed by atoms with E-state index >= 15 is 0 Å². The number of nitrogens with zero attached hydrogens (tertiary/aromatic N) is 2. The molecular weight excluding hydrogens is 430 g/mol. The predicted molar refractivity (Wildman–Crippen MR) is 124 cm³/mol. The molecule has 0 spiro atoms. The minimum atomic E-state index is -3.60. The highest BCUT2D eigenvalue weighted by atomic mass is 32.2. The lowest BCUT2D eigenvalue weighted by atomic mass is 10.2. The molecular formula is C22H27N5O4S. The molecule has 0 unspecified atom stereocenters. The van der Waals surface area contributed by atoms with Crippen LogP contribution in [0.5, 0.6) is 0 Å². The maximum atomic E-state index is 12.7. The molecule has 1 aromatic heterocycles. The third kappa shape index (κ3) is 5.58. The van der Waals surface area contributed by atoms with E-state index in [2.05, 4.69) is 20.0 Å². The lowest BCUT2D eigenvalue weighted by molar-refractivity contribution is -0.120. The molecule has 3 N–H and O–H groups in total. The van der Waals surface area contributed by atoms with Gasteiger partial charge in [0.05, 0.1) is 28.4 Å². The molecule has 0 aliphatic carbocycles. The van der Waals surface area contributed by atoms with Gasteiger partial charge in [0.1, 0.15) is 5.82 Å². The molecule has 0 saturated carbocycles. The Hall–Kier alpha value is -3.08. The molecule has 32 heavy (non-hydrogen) atoms. The van der Waals surface area contributed by atoms with E-state index in [1.165, 1.54) is 12.1 Å². The number of hydrogen-bond donors (Lipinski definition) is 3. The van der Waals surface area contributed by atoms with E-state index in [1.54, 1.807) is 63.1 Å². The minimum Gasteiger partial charge on any atom is -0.325 e. The van der Waals surface area contributed by atoms with Crippen molar-refractivity contribution in [3.8, 4) is 0 Å². The smallest absolute Gasteiger partial charge is 0.258 e. The number of rotatable bonds is 8. The number of para-hydroxylation sites is 1. The van der Waals surface area contributed by atoms with E-state index in [0.717, 1.165) is 0 Å². The van der Waals surface area contributed by atoms with Gasteiger partial charge in [-0.15, -0.1) is 0 Å². The Labute approximate surface area is 186 Å². The number of anilines is 1. The van der Waals surface area contributed by atoms with Gasteiger partial charge < -0.3 is 10.3 Å². The number of carbonyl (C=O) groups excluding carboxylic acids is 1. The number of H-pyrrole nitrogens is 1. The third-order valence-corrected chi connectivity index (χ3v) is 6.60. The van der Waals surface area contributed by atoms with Gasteiger partial charge in [-0.2, -0.15) is 0 Å². The predicted octanol–water partition coefficient (Wildman–Crippen LogP) is 2.07. The molecule has 0 radical (unpaired) electrons. The van der Waals surface area contributed by atoms with Gasteiger partial charge in [0.25, 0.3) is 5.56 Å². The van der Waals surface area contributed by atoms with Crippen molar-refractivity contribution >= 4 is 32.5 Å². The molecule has 9 nitrogen and oxygen atoms in total. The van der Waals surface area contributed by atoms with Crippen LogP contribution in [-0.4, -0.2) is 48.3 Å². The Bertz CT molecular complexity index is 1270. The van der Waals surface area contributed by atoms with Gasteiger partial charge in [-0.25, -0.2) is 18.1 Å². The molecule has 3 aromatic rings. The van der Waals surface area contributed by atoms with Crippen LogP contribution in [0.1, 0.15) is 26.6 Å². The minimum absolute atomic E-state index is 0.126. The number of sulfonamides is 1. The highest BCUT2D eigenvalue weighted by Gasteiger charge is 2.20. The fourth-order valence-corrected chi connectivity index (χ4v) is 4.38.